The molecule has 0 atom stereocenters. The van der Waals surface area contributed by atoms with Gasteiger partial charge >= 0.3 is 0 Å². The molecule has 152 valence electrons. The maximum absolute atomic E-state index is 12.6. The molecule has 0 bridgehead atoms. The van der Waals surface area contributed by atoms with Gasteiger partial charge in [0.1, 0.15) is 31.1 Å². The number of carbonyl (C=O) groups is 2. The summed E-state index contributed by atoms with van der Waals surface area (Å²) < 4.78 is 14.0. The lowest BCUT2D eigenvalue weighted by molar-refractivity contribution is 0.111. The highest BCUT2D eigenvalue weighted by Gasteiger charge is 2.05. The third kappa shape index (κ3) is 6.51. The highest BCUT2D eigenvalue weighted by Crippen LogP contribution is 2.13. The molecule has 2 heterocycles. The molecule has 0 radical (unpaired) electrons. The minimum absolute atomic E-state index is 0.0796. The van der Waals surface area contributed by atoms with Gasteiger partial charge in [0.2, 0.25) is 0 Å². The SMILES string of the molecule is N#Cc1ccc(-n2cncn2)c(C=O)c1.N#Cc1ccc(F)c(C=O)c1.c1nc[nH]n1. The summed E-state index contributed by atoms with van der Waals surface area (Å²) in [7, 11) is 0. The highest BCUT2D eigenvalue weighted by molar-refractivity contribution is 5.81. The summed E-state index contributed by atoms with van der Waals surface area (Å²) in [5, 5.41) is 26.9. The van der Waals surface area contributed by atoms with Crippen molar-refractivity contribution in [2.24, 2.45) is 0 Å². The van der Waals surface area contributed by atoms with E-state index in [2.05, 4.69) is 25.3 Å². The first kappa shape index (κ1) is 22.3. The molecular formula is C20H13FN8O2. The topological polar surface area (TPSA) is 154 Å². The molecule has 4 aromatic rings. The minimum atomic E-state index is -0.598. The predicted octanol–water partition coefficient (Wildman–Crippen LogP) is 2.27. The van der Waals surface area contributed by atoms with Crippen LogP contribution >= 0.6 is 0 Å². The predicted molar refractivity (Wildman–Crippen MR) is 104 cm³/mol. The number of aromatic amines is 1. The van der Waals surface area contributed by atoms with Gasteiger partial charge in [-0.3, -0.25) is 14.7 Å². The Morgan fingerprint density at radius 1 is 0.935 bits per heavy atom. The summed E-state index contributed by atoms with van der Waals surface area (Å²) in [5.74, 6) is -0.598. The van der Waals surface area contributed by atoms with E-state index in [1.807, 2.05) is 6.07 Å². The second kappa shape index (κ2) is 11.7. The molecule has 1 N–H and O–H groups in total. The minimum Gasteiger partial charge on any atom is -0.298 e. The average Bonchev–Trinajstić information content (AvgIpc) is 3.56. The number of hydrogen-bond acceptors (Lipinski definition) is 8. The van der Waals surface area contributed by atoms with Crippen molar-refractivity contribution < 1.29 is 14.0 Å². The van der Waals surface area contributed by atoms with Gasteiger partial charge < -0.3 is 0 Å². The summed E-state index contributed by atoms with van der Waals surface area (Å²) in [6, 6.07) is 12.2. The van der Waals surface area contributed by atoms with Gasteiger partial charge in [-0.2, -0.15) is 20.7 Å². The number of hydrogen-bond donors (Lipinski definition) is 1. The van der Waals surface area contributed by atoms with E-state index in [1.165, 1.54) is 48.2 Å². The van der Waals surface area contributed by atoms with Crippen molar-refractivity contribution in [1.29, 1.82) is 10.5 Å². The second-order valence-electron chi connectivity index (χ2n) is 5.46. The standard InChI is InChI=1S/C10H6N4O.C8H4FNO.C2H3N3/c11-4-8-1-2-10(9(3-8)5-15)14-7-12-6-13-14;9-8-2-1-6(4-10)3-7(8)5-11;1-3-2-5-4-1/h1-3,5-7H;1-3,5H;1-2H,(H,3,4,5). The lowest BCUT2D eigenvalue weighted by Crippen LogP contribution is -1.99. The number of nitrogens with zero attached hydrogens (tertiary/aromatic N) is 7. The van der Waals surface area contributed by atoms with E-state index in [4.69, 9.17) is 10.5 Å². The van der Waals surface area contributed by atoms with Gasteiger partial charge in [0, 0.05) is 5.56 Å². The van der Waals surface area contributed by atoms with Crippen LogP contribution in [0.3, 0.4) is 0 Å². The molecule has 0 aliphatic heterocycles. The fourth-order valence-electron chi connectivity index (χ4n) is 2.13. The van der Waals surface area contributed by atoms with Gasteiger partial charge in [-0.15, -0.1) is 0 Å². The van der Waals surface area contributed by atoms with E-state index in [1.54, 1.807) is 18.2 Å². The Morgan fingerprint density at radius 3 is 2.10 bits per heavy atom. The number of aromatic nitrogens is 6. The lowest BCUT2D eigenvalue weighted by Gasteiger charge is -2.03. The first-order valence-corrected chi connectivity index (χ1v) is 8.40. The molecule has 0 fully saturated rings. The quantitative estimate of drug-likeness (QED) is 0.499. The van der Waals surface area contributed by atoms with Crippen molar-refractivity contribution >= 4 is 12.6 Å². The Bertz CT molecular complexity index is 1190. The Kier molecular flexibility index (Phi) is 8.42. The van der Waals surface area contributed by atoms with E-state index in [0.29, 0.717) is 29.4 Å². The normalized spacial score (nSPS) is 9.00. The zero-order valence-electron chi connectivity index (χ0n) is 15.8. The van der Waals surface area contributed by atoms with Gasteiger partial charge in [0.25, 0.3) is 0 Å². The van der Waals surface area contributed by atoms with Crippen molar-refractivity contribution in [3.8, 4) is 17.8 Å². The number of rotatable bonds is 3. The number of nitrogens with one attached hydrogen (secondary N) is 1. The number of carbonyl (C=O) groups excluding carboxylic acids is 2. The molecule has 2 aromatic heterocycles. The van der Waals surface area contributed by atoms with E-state index in [0.717, 1.165) is 6.07 Å². The smallest absolute Gasteiger partial charge is 0.153 e. The molecule has 0 aliphatic rings. The van der Waals surface area contributed by atoms with Gasteiger partial charge in [-0.25, -0.2) is 19.0 Å². The number of aldehydes is 2. The van der Waals surface area contributed by atoms with Crippen molar-refractivity contribution in [1.82, 2.24) is 29.9 Å². The number of benzene rings is 2. The van der Waals surface area contributed by atoms with E-state index < -0.39 is 5.82 Å². The lowest BCUT2D eigenvalue weighted by atomic mass is 10.1. The fraction of sp³-hybridized carbons (Fsp3) is 0. The Labute approximate surface area is 175 Å². The first-order chi connectivity index (χ1) is 15.1. The molecule has 2 aromatic carbocycles. The van der Waals surface area contributed by atoms with Gasteiger partial charge in [0.05, 0.1) is 34.5 Å². The third-order valence-corrected chi connectivity index (χ3v) is 3.53. The largest absolute Gasteiger partial charge is 0.298 e. The van der Waals surface area contributed by atoms with Crippen LogP contribution in [0.2, 0.25) is 0 Å². The van der Waals surface area contributed by atoms with Crippen molar-refractivity contribution in [3.05, 3.63) is 89.8 Å². The number of nitriles is 2. The molecule has 0 amide bonds. The van der Waals surface area contributed by atoms with Crippen LogP contribution < -0.4 is 0 Å². The molecule has 4 rings (SSSR count). The number of halogens is 1. The van der Waals surface area contributed by atoms with E-state index >= 15 is 0 Å². The van der Waals surface area contributed by atoms with E-state index in [-0.39, 0.29) is 11.1 Å². The van der Waals surface area contributed by atoms with Crippen molar-refractivity contribution in [2.75, 3.05) is 0 Å². The Balaban J connectivity index is 0.000000186. The van der Waals surface area contributed by atoms with Crippen LogP contribution in [-0.2, 0) is 0 Å². The molecule has 11 heteroatoms. The van der Waals surface area contributed by atoms with Crippen molar-refractivity contribution in [3.63, 3.8) is 0 Å². The maximum Gasteiger partial charge on any atom is 0.153 e. The van der Waals surface area contributed by atoms with Gasteiger partial charge in [-0.05, 0) is 36.4 Å². The zero-order chi connectivity index (χ0) is 22.5. The Morgan fingerprint density at radius 2 is 1.61 bits per heavy atom. The average molecular weight is 416 g/mol. The summed E-state index contributed by atoms with van der Waals surface area (Å²) in [6.07, 6.45) is 6.91. The molecule has 31 heavy (non-hydrogen) atoms. The molecule has 0 spiro atoms. The molecule has 10 nitrogen and oxygen atoms in total. The molecule has 0 unspecified atom stereocenters. The fourth-order valence-corrected chi connectivity index (χ4v) is 2.13. The van der Waals surface area contributed by atoms with Crippen LogP contribution in [-0.4, -0.2) is 42.5 Å². The monoisotopic (exact) mass is 416 g/mol. The van der Waals surface area contributed by atoms with Crippen LogP contribution in [0.15, 0.2) is 61.7 Å². The van der Waals surface area contributed by atoms with Crippen LogP contribution in [0, 0.1) is 28.5 Å². The van der Waals surface area contributed by atoms with Crippen LogP contribution in [0.1, 0.15) is 31.8 Å². The zero-order valence-corrected chi connectivity index (χ0v) is 15.8. The summed E-state index contributed by atoms with van der Waals surface area (Å²) in [4.78, 5) is 28.3. The van der Waals surface area contributed by atoms with Crippen LogP contribution in [0.5, 0.6) is 0 Å². The number of H-pyrrole nitrogens is 1. The van der Waals surface area contributed by atoms with Gasteiger partial charge in [0.15, 0.2) is 12.6 Å². The molecule has 0 aliphatic carbocycles. The summed E-state index contributed by atoms with van der Waals surface area (Å²) in [5.41, 5.74) is 1.68. The second-order valence-corrected chi connectivity index (χ2v) is 5.46. The maximum atomic E-state index is 12.6. The van der Waals surface area contributed by atoms with Crippen LogP contribution in [0.4, 0.5) is 4.39 Å². The first-order valence-electron chi connectivity index (χ1n) is 8.40. The molecule has 0 saturated heterocycles. The highest BCUT2D eigenvalue weighted by atomic mass is 19.1. The summed E-state index contributed by atoms with van der Waals surface area (Å²) in [6.45, 7) is 0. The molecular weight excluding hydrogens is 403 g/mol. The van der Waals surface area contributed by atoms with Crippen LogP contribution in [0.25, 0.3) is 5.69 Å². The van der Waals surface area contributed by atoms with Crippen molar-refractivity contribution in [2.45, 2.75) is 0 Å². The van der Waals surface area contributed by atoms with E-state index in [9.17, 15) is 14.0 Å². The third-order valence-electron chi connectivity index (χ3n) is 3.53. The Hall–Kier alpha value is -5.03. The summed E-state index contributed by atoms with van der Waals surface area (Å²) >= 11 is 0. The molecule has 0 saturated carbocycles. The van der Waals surface area contributed by atoms with Gasteiger partial charge in [-0.1, -0.05) is 0 Å².